The molecule has 0 N–H and O–H groups in total. The molecule has 1 heterocycles. The van der Waals surface area contributed by atoms with Crippen LogP contribution in [0.4, 0.5) is 5.69 Å². The monoisotopic (exact) mass is 265 g/mol. The number of carbonyl (C=O) groups excluding carboxylic acids is 1. The summed E-state index contributed by atoms with van der Waals surface area (Å²) in [5, 5.41) is 0. The first kappa shape index (κ1) is 12.9. The maximum atomic E-state index is 11.6. The van der Waals surface area contributed by atoms with Crippen LogP contribution in [-0.2, 0) is 4.79 Å². The molecule has 2 nitrogen and oxygen atoms in total. The molecule has 2 heteroatoms. The van der Waals surface area contributed by atoms with Gasteiger partial charge in [0.1, 0.15) is 5.78 Å². The van der Waals surface area contributed by atoms with Crippen LogP contribution in [0.25, 0.3) is 11.1 Å². The van der Waals surface area contributed by atoms with Crippen molar-refractivity contribution in [2.45, 2.75) is 25.8 Å². The first-order valence-corrected chi connectivity index (χ1v) is 7.18. The predicted octanol–water partition coefficient (Wildman–Crippen LogP) is 3.91. The molecule has 0 aliphatic carbocycles. The number of benzene rings is 2. The molecule has 1 saturated heterocycles. The van der Waals surface area contributed by atoms with Crippen LogP contribution in [0.5, 0.6) is 0 Å². The average Bonchev–Trinajstić information content (AvgIpc) is 2.48. The highest BCUT2D eigenvalue weighted by Gasteiger charge is 2.25. The zero-order valence-electron chi connectivity index (χ0n) is 11.8. The minimum Gasteiger partial charge on any atom is -0.367 e. The van der Waals surface area contributed by atoms with Crippen LogP contribution in [0.15, 0.2) is 54.6 Å². The van der Waals surface area contributed by atoms with Crippen molar-refractivity contribution in [1.29, 1.82) is 0 Å². The highest BCUT2D eigenvalue weighted by atomic mass is 16.1. The van der Waals surface area contributed by atoms with Crippen molar-refractivity contribution in [1.82, 2.24) is 0 Å². The number of carbonyl (C=O) groups is 1. The predicted molar refractivity (Wildman–Crippen MR) is 82.9 cm³/mol. The largest absolute Gasteiger partial charge is 0.367 e. The molecular weight excluding hydrogens is 246 g/mol. The first-order chi connectivity index (χ1) is 9.75. The lowest BCUT2D eigenvalue weighted by Crippen LogP contribution is -2.41. The van der Waals surface area contributed by atoms with E-state index in [-0.39, 0.29) is 6.04 Å². The number of hydrogen-bond acceptors (Lipinski definition) is 2. The molecule has 0 spiro atoms. The number of anilines is 1. The van der Waals surface area contributed by atoms with Gasteiger partial charge in [0.15, 0.2) is 0 Å². The number of ketones is 1. The Labute approximate surface area is 120 Å². The van der Waals surface area contributed by atoms with Crippen LogP contribution in [0.2, 0.25) is 0 Å². The Bertz CT molecular complexity index is 606. The highest BCUT2D eigenvalue weighted by molar-refractivity contribution is 5.84. The fraction of sp³-hybridized carbons (Fsp3) is 0.278. The fourth-order valence-electron chi connectivity index (χ4n) is 2.95. The molecule has 2 aromatic rings. The Hall–Kier alpha value is -2.09. The lowest BCUT2D eigenvalue weighted by molar-refractivity contribution is -0.120. The van der Waals surface area contributed by atoms with E-state index in [0.29, 0.717) is 18.6 Å². The van der Waals surface area contributed by atoms with Gasteiger partial charge in [-0.15, -0.1) is 0 Å². The maximum Gasteiger partial charge on any atom is 0.136 e. The second kappa shape index (κ2) is 5.49. The molecule has 2 aromatic carbocycles. The van der Waals surface area contributed by atoms with Crippen LogP contribution in [0.1, 0.15) is 19.8 Å². The summed E-state index contributed by atoms with van der Waals surface area (Å²) in [6.07, 6.45) is 1.32. The van der Waals surface area contributed by atoms with Crippen molar-refractivity contribution in [2.24, 2.45) is 0 Å². The topological polar surface area (TPSA) is 20.3 Å². The summed E-state index contributed by atoms with van der Waals surface area (Å²) in [5.41, 5.74) is 3.71. The van der Waals surface area contributed by atoms with Gasteiger partial charge in [0.2, 0.25) is 0 Å². The quantitative estimate of drug-likeness (QED) is 0.820. The highest BCUT2D eigenvalue weighted by Crippen LogP contribution is 2.33. The van der Waals surface area contributed by atoms with Crippen molar-refractivity contribution in [3.8, 4) is 11.1 Å². The molecule has 1 unspecified atom stereocenters. The summed E-state index contributed by atoms with van der Waals surface area (Å²) in [4.78, 5) is 13.9. The van der Waals surface area contributed by atoms with Crippen LogP contribution in [0.3, 0.4) is 0 Å². The number of para-hydroxylation sites is 1. The third-order valence-corrected chi connectivity index (χ3v) is 3.98. The summed E-state index contributed by atoms with van der Waals surface area (Å²) >= 11 is 0. The Morgan fingerprint density at radius 2 is 1.70 bits per heavy atom. The zero-order chi connectivity index (χ0) is 13.9. The number of hydrogen-bond donors (Lipinski definition) is 0. The van der Waals surface area contributed by atoms with E-state index >= 15 is 0 Å². The molecule has 20 heavy (non-hydrogen) atoms. The Morgan fingerprint density at radius 3 is 2.45 bits per heavy atom. The molecule has 0 amide bonds. The molecule has 1 atom stereocenters. The molecule has 1 aliphatic rings. The molecular formula is C18H19NO. The number of rotatable bonds is 2. The first-order valence-electron chi connectivity index (χ1n) is 7.18. The minimum absolute atomic E-state index is 0.279. The van der Waals surface area contributed by atoms with Gasteiger partial charge < -0.3 is 4.90 Å². The number of Topliss-reactive ketones (excluding diaryl/α,β-unsaturated/α-hetero) is 1. The Balaban J connectivity index is 2.00. The van der Waals surface area contributed by atoms with Crippen molar-refractivity contribution < 1.29 is 4.79 Å². The molecule has 0 aromatic heterocycles. The summed E-state index contributed by atoms with van der Waals surface area (Å²) in [7, 11) is 0. The molecule has 0 bridgehead atoms. The van der Waals surface area contributed by atoms with E-state index in [1.165, 1.54) is 16.8 Å². The summed E-state index contributed by atoms with van der Waals surface area (Å²) in [6.45, 7) is 2.96. The van der Waals surface area contributed by atoms with E-state index in [1.807, 2.05) is 6.07 Å². The minimum atomic E-state index is 0.279. The van der Waals surface area contributed by atoms with Crippen molar-refractivity contribution in [3.05, 3.63) is 54.6 Å². The SMILES string of the molecule is CC1CC(=O)CCN1c1ccccc1-c1ccccc1. The van der Waals surface area contributed by atoms with Crippen molar-refractivity contribution in [3.63, 3.8) is 0 Å². The standard InChI is InChI=1S/C18H19NO/c1-14-13-16(20)11-12-19(14)18-10-6-5-9-17(18)15-7-3-2-4-8-15/h2-10,14H,11-13H2,1H3. The summed E-state index contributed by atoms with van der Waals surface area (Å²) in [6, 6.07) is 19.2. The second-order valence-corrected chi connectivity index (χ2v) is 5.42. The van der Waals surface area contributed by atoms with Gasteiger partial charge in [-0.1, -0.05) is 48.5 Å². The van der Waals surface area contributed by atoms with Crippen LogP contribution in [0, 0.1) is 0 Å². The molecule has 102 valence electrons. The lowest BCUT2D eigenvalue weighted by atomic mass is 9.97. The van der Waals surface area contributed by atoms with E-state index in [9.17, 15) is 4.79 Å². The van der Waals surface area contributed by atoms with Gasteiger partial charge in [0.25, 0.3) is 0 Å². The summed E-state index contributed by atoms with van der Waals surface area (Å²) < 4.78 is 0. The van der Waals surface area contributed by atoms with Gasteiger partial charge >= 0.3 is 0 Å². The van der Waals surface area contributed by atoms with Gasteiger partial charge in [-0.3, -0.25) is 4.79 Å². The smallest absolute Gasteiger partial charge is 0.136 e. The third-order valence-electron chi connectivity index (χ3n) is 3.98. The van der Waals surface area contributed by atoms with E-state index in [2.05, 4.69) is 60.4 Å². The third kappa shape index (κ3) is 2.46. The van der Waals surface area contributed by atoms with Gasteiger partial charge in [0, 0.05) is 36.7 Å². The van der Waals surface area contributed by atoms with Crippen molar-refractivity contribution in [2.75, 3.05) is 11.4 Å². The normalized spacial score (nSPS) is 19.1. The van der Waals surface area contributed by atoms with Gasteiger partial charge in [-0.2, -0.15) is 0 Å². The van der Waals surface area contributed by atoms with Crippen LogP contribution >= 0.6 is 0 Å². The zero-order valence-corrected chi connectivity index (χ0v) is 11.8. The number of piperidine rings is 1. The fourth-order valence-corrected chi connectivity index (χ4v) is 2.95. The van der Waals surface area contributed by atoms with Gasteiger partial charge in [0.05, 0.1) is 0 Å². The van der Waals surface area contributed by atoms with E-state index in [1.54, 1.807) is 0 Å². The summed E-state index contributed by atoms with van der Waals surface area (Å²) in [5.74, 6) is 0.381. The number of nitrogens with zero attached hydrogens (tertiary/aromatic N) is 1. The average molecular weight is 265 g/mol. The van der Waals surface area contributed by atoms with E-state index in [4.69, 9.17) is 0 Å². The van der Waals surface area contributed by atoms with Gasteiger partial charge in [-0.05, 0) is 18.6 Å². The second-order valence-electron chi connectivity index (χ2n) is 5.42. The molecule has 0 saturated carbocycles. The van der Waals surface area contributed by atoms with Gasteiger partial charge in [-0.25, -0.2) is 0 Å². The molecule has 1 aliphatic heterocycles. The molecule has 3 rings (SSSR count). The maximum absolute atomic E-state index is 11.6. The van der Waals surface area contributed by atoms with E-state index < -0.39 is 0 Å². The Morgan fingerprint density at radius 1 is 1.00 bits per heavy atom. The van der Waals surface area contributed by atoms with E-state index in [0.717, 1.165) is 6.54 Å². The molecule has 1 fully saturated rings. The van der Waals surface area contributed by atoms with Crippen molar-refractivity contribution >= 4 is 11.5 Å². The molecule has 0 radical (unpaired) electrons. The lowest BCUT2D eigenvalue weighted by Gasteiger charge is -2.36. The van der Waals surface area contributed by atoms with Crippen LogP contribution in [-0.4, -0.2) is 18.4 Å². The Kier molecular flexibility index (Phi) is 3.55. The van der Waals surface area contributed by atoms with Crippen LogP contribution < -0.4 is 4.90 Å².